The van der Waals surface area contributed by atoms with Crippen molar-refractivity contribution in [3.05, 3.63) is 35.9 Å². The van der Waals surface area contributed by atoms with E-state index in [1.807, 2.05) is 56.0 Å². The standard InChI is InChI=1S/C18H28N4O2/c1-18(2,3)21-17(19)20-13-15(14-7-5-4-6-8-14)16(23)22-9-11-24-12-10-22/h4-8,15H,9-13H2,1-3H3,(H3,19,20,21). The molecule has 6 heteroatoms. The van der Waals surface area contributed by atoms with Crippen molar-refractivity contribution >= 4 is 11.9 Å². The molecule has 2 rings (SSSR count). The van der Waals surface area contributed by atoms with E-state index in [-0.39, 0.29) is 17.4 Å². The molecule has 1 unspecified atom stereocenters. The van der Waals surface area contributed by atoms with Crippen LogP contribution in [0.15, 0.2) is 35.3 Å². The second-order valence-electron chi connectivity index (χ2n) is 7.00. The van der Waals surface area contributed by atoms with Crippen molar-refractivity contribution in [2.24, 2.45) is 10.7 Å². The summed E-state index contributed by atoms with van der Waals surface area (Å²) < 4.78 is 5.34. The van der Waals surface area contributed by atoms with E-state index in [1.54, 1.807) is 0 Å². The van der Waals surface area contributed by atoms with Crippen LogP contribution in [0.3, 0.4) is 0 Å². The van der Waals surface area contributed by atoms with Crippen LogP contribution in [0.25, 0.3) is 0 Å². The Labute approximate surface area is 144 Å². The highest BCUT2D eigenvalue weighted by atomic mass is 16.5. The van der Waals surface area contributed by atoms with Gasteiger partial charge in [-0.15, -0.1) is 0 Å². The Hall–Kier alpha value is -2.08. The largest absolute Gasteiger partial charge is 0.378 e. The summed E-state index contributed by atoms with van der Waals surface area (Å²) in [6.45, 7) is 8.81. The van der Waals surface area contributed by atoms with Crippen molar-refractivity contribution in [1.82, 2.24) is 10.2 Å². The summed E-state index contributed by atoms with van der Waals surface area (Å²) in [5.41, 5.74) is 6.76. The van der Waals surface area contributed by atoms with Gasteiger partial charge in [0.15, 0.2) is 5.96 Å². The maximum Gasteiger partial charge on any atom is 0.232 e. The fourth-order valence-electron chi connectivity index (χ4n) is 2.63. The molecule has 0 radical (unpaired) electrons. The molecule has 1 aliphatic heterocycles. The number of guanidine groups is 1. The lowest BCUT2D eigenvalue weighted by molar-refractivity contribution is -0.136. The molecule has 1 amide bonds. The Morgan fingerprint density at radius 2 is 1.92 bits per heavy atom. The Bertz CT molecular complexity index is 560. The Morgan fingerprint density at radius 3 is 2.50 bits per heavy atom. The molecule has 0 bridgehead atoms. The van der Waals surface area contributed by atoms with Crippen molar-refractivity contribution in [2.75, 3.05) is 32.8 Å². The van der Waals surface area contributed by atoms with Gasteiger partial charge in [-0.25, -0.2) is 0 Å². The minimum absolute atomic E-state index is 0.0804. The smallest absolute Gasteiger partial charge is 0.232 e. The van der Waals surface area contributed by atoms with Crippen LogP contribution in [0, 0.1) is 0 Å². The highest BCUT2D eigenvalue weighted by Gasteiger charge is 2.27. The number of nitrogens with zero attached hydrogens (tertiary/aromatic N) is 2. The number of hydrogen-bond acceptors (Lipinski definition) is 3. The molecule has 1 aromatic rings. The normalized spacial score (nSPS) is 17.5. The Balaban J connectivity index is 2.14. The second kappa shape index (κ2) is 8.15. The Kier molecular flexibility index (Phi) is 6.20. The predicted octanol–water partition coefficient (Wildman–Crippen LogP) is 1.33. The first-order valence-corrected chi connectivity index (χ1v) is 8.36. The monoisotopic (exact) mass is 332 g/mol. The summed E-state index contributed by atoms with van der Waals surface area (Å²) in [4.78, 5) is 19.2. The minimum atomic E-state index is -0.329. The van der Waals surface area contributed by atoms with Crippen LogP contribution in [0.1, 0.15) is 32.3 Å². The number of rotatable bonds is 4. The van der Waals surface area contributed by atoms with E-state index in [0.29, 0.717) is 38.8 Å². The summed E-state index contributed by atoms with van der Waals surface area (Å²) in [5, 5.41) is 3.13. The number of carbonyl (C=O) groups is 1. The molecule has 24 heavy (non-hydrogen) atoms. The fourth-order valence-corrected chi connectivity index (χ4v) is 2.63. The zero-order chi connectivity index (χ0) is 17.6. The molecule has 1 aromatic carbocycles. The van der Waals surface area contributed by atoms with Crippen LogP contribution in [0.4, 0.5) is 0 Å². The van der Waals surface area contributed by atoms with Crippen LogP contribution >= 0.6 is 0 Å². The number of carbonyl (C=O) groups excluding carboxylic acids is 1. The topological polar surface area (TPSA) is 79.9 Å². The summed E-state index contributed by atoms with van der Waals surface area (Å²) in [6, 6.07) is 9.75. The van der Waals surface area contributed by atoms with Gasteiger partial charge in [0, 0.05) is 18.6 Å². The van der Waals surface area contributed by atoms with E-state index in [1.165, 1.54) is 0 Å². The number of aliphatic imine (C=N–C) groups is 1. The third-order valence-corrected chi connectivity index (χ3v) is 3.77. The van der Waals surface area contributed by atoms with E-state index >= 15 is 0 Å². The number of nitrogens with two attached hydrogens (primary N) is 1. The van der Waals surface area contributed by atoms with Gasteiger partial charge in [0.05, 0.1) is 25.7 Å². The van der Waals surface area contributed by atoms with Crippen LogP contribution < -0.4 is 11.1 Å². The van der Waals surface area contributed by atoms with Crippen molar-refractivity contribution in [1.29, 1.82) is 0 Å². The minimum Gasteiger partial charge on any atom is -0.378 e. The van der Waals surface area contributed by atoms with E-state index in [9.17, 15) is 4.79 Å². The molecule has 1 saturated heterocycles. The molecule has 1 aliphatic rings. The van der Waals surface area contributed by atoms with E-state index < -0.39 is 0 Å². The van der Waals surface area contributed by atoms with Crippen molar-refractivity contribution < 1.29 is 9.53 Å². The Morgan fingerprint density at radius 1 is 1.29 bits per heavy atom. The van der Waals surface area contributed by atoms with Gasteiger partial charge in [-0.3, -0.25) is 9.79 Å². The van der Waals surface area contributed by atoms with Gasteiger partial charge in [0.25, 0.3) is 0 Å². The van der Waals surface area contributed by atoms with Gasteiger partial charge < -0.3 is 20.7 Å². The molecule has 1 fully saturated rings. The summed E-state index contributed by atoms with van der Waals surface area (Å²) in [6.07, 6.45) is 0. The number of amides is 1. The van der Waals surface area contributed by atoms with Crippen molar-refractivity contribution in [3.8, 4) is 0 Å². The molecular formula is C18H28N4O2. The van der Waals surface area contributed by atoms with Gasteiger partial charge in [-0.05, 0) is 26.3 Å². The molecule has 0 aromatic heterocycles. The van der Waals surface area contributed by atoms with Gasteiger partial charge in [-0.1, -0.05) is 30.3 Å². The highest BCUT2D eigenvalue weighted by molar-refractivity contribution is 5.85. The lowest BCUT2D eigenvalue weighted by atomic mass is 9.97. The first-order valence-electron chi connectivity index (χ1n) is 8.36. The molecule has 1 atom stereocenters. The SMILES string of the molecule is CC(C)(C)NC(N)=NCC(C(=O)N1CCOCC1)c1ccccc1. The fraction of sp³-hybridized carbons (Fsp3) is 0.556. The number of hydrogen-bond donors (Lipinski definition) is 2. The zero-order valence-corrected chi connectivity index (χ0v) is 14.8. The molecule has 0 spiro atoms. The summed E-state index contributed by atoms with van der Waals surface area (Å²) >= 11 is 0. The van der Waals surface area contributed by atoms with E-state index in [2.05, 4.69) is 10.3 Å². The molecular weight excluding hydrogens is 304 g/mol. The number of morpholine rings is 1. The third kappa shape index (κ3) is 5.53. The van der Waals surface area contributed by atoms with E-state index in [0.717, 1.165) is 5.56 Å². The summed E-state index contributed by atoms with van der Waals surface area (Å²) in [5.74, 6) is 0.111. The summed E-state index contributed by atoms with van der Waals surface area (Å²) in [7, 11) is 0. The molecule has 0 aliphatic carbocycles. The van der Waals surface area contributed by atoms with Crippen LogP contribution in [0.2, 0.25) is 0 Å². The molecule has 1 heterocycles. The predicted molar refractivity (Wildman–Crippen MR) is 96.0 cm³/mol. The average Bonchev–Trinajstić information content (AvgIpc) is 2.55. The average molecular weight is 332 g/mol. The number of ether oxygens (including phenoxy) is 1. The van der Waals surface area contributed by atoms with Crippen LogP contribution in [0.5, 0.6) is 0 Å². The first kappa shape index (κ1) is 18.3. The van der Waals surface area contributed by atoms with E-state index in [4.69, 9.17) is 10.5 Å². The second-order valence-corrected chi connectivity index (χ2v) is 7.00. The van der Waals surface area contributed by atoms with Gasteiger partial charge in [0.1, 0.15) is 0 Å². The highest BCUT2D eigenvalue weighted by Crippen LogP contribution is 2.20. The molecule has 6 nitrogen and oxygen atoms in total. The van der Waals surface area contributed by atoms with Crippen LogP contribution in [-0.2, 0) is 9.53 Å². The lowest BCUT2D eigenvalue weighted by Gasteiger charge is -2.30. The molecule has 0 saturated carbocycles. The molecule has 132 valence electrons. The van der Waals surface area contributed by atoms with Gasteiger partial charge in [-0.2, -0.15) is 0 Å². The van der Waals surface area contributed by atoms with Crippen LogP contribution in [-0.4, -0.2) is 55.2 Å². The lowest BCUT2D eigenvalue weighted by Crippen LogP contribution is -2.46. The maximum absolute atomic E-state index is 12.9. The molecule has 3 N–H and O–H groups in total. The number of nitrogens with one attached hydrogen (secondary N) is 1. The van der Waals surface area contributed by atoms with Crippen molar-refractivity contribution in [3.63, 3.8) is 0 Å². The third-order valence-electron chi connectivity index (χ3n) is 3.77. The number of benzene rings is 1. The van der Waals surface area contributed by atoms with Crippen molar-refractivity contribution in [2.45, 2.75) is 32.2 Å². The van der Waals surface area contributed by atoms with Gasteiger partial charge in [0.2, 0.25) is 5.91 Å². The first-order chi connectivity index (χ1) is 11.4. The quantitative estimate of drug-likeness (QED) is 0.644. The zero-order valence-electron chi connectivity index (χ0n) is 14.8. The van der Waals surface area contributed by atoms with Gasteiger partial charge >= 0.3 is 0 Å². The maximum atomic E-state index is 12.9.